The Morgan fingerprint density at radius 2 is 1.77 bits per heavy atom. The van der Waals surface area contributed by atoms with E-state index in [1.807, 2.05) is 18.2 Å². The smallest absolute Gasteiger partial charge is 0.192 e. The molecule has 0 radical (unpaired) electrons. The van der Waals surface area contributed by atoms with E-state index in [-0.39, 0.29) is 34.5 Å². The van der Waals surface area contributed by atoms with Crippen LogP contribution >= 0.6 is 11.8 Å². The fourth-order valence-corrected chi connectivity index (χ4v) is 5.74. The van der Waals surface area contributed by atoms with Gasteiger partial charge in [-0.25, -0.2) is 0 Å². The lowest BCUT2D eigenvalue weighted by Crippen LogP contribution is -2.54. The van der Waals surface area contributed by atoms with Crippen molar-refractivity contribution >= 4 is 26.4 Å². The normalized spacial score (nSPS) is 30.2. The molecule has 1 aliphatic heterocycles. The van der Waals surface area contributed by atoms with Crippen LogP contribution in [0.2, 0.25) is 18.1 Å². The van der Waals surface area contributed by atoms with Crippen molar-refractivity contribution in [2.45, 2.75) is 81.7 Å². The monoisotopic (exact) mass is 394 g/mol. The molecule has 0 N–H and O–H groups in total. The first-order chi connectivity index (χ1) is 12.1. The summed E-state index contributed by atoms with van der Waals surface area (Å²) in [6.45, 7) is 15.8. The lowest BCUT2D eigenvalue weighted by molar-refractivity contribution is -0.135. The van der Waals surface area contributed by atoms with Crippen molar-refractivity contribution in [2.24, 2.45) is 11.8 Å². The molecular formula is C21H34O3SSi. The Balaban J connectivity index is 2.24. The van der Waals surface area contributed by atoms with E-state index >= 15 is 0 Å². The highest BCUT2D eigenvalue weighted by atomic mass is 32.2. The molecule has 1 fully saturated rings. The summed E-state index contributed by atoms with van der Waals surface area (Å²) in [6.07, 6.45) is 1.43. The first kappa shape index (κ1) is 21.7. The summed E-state index contributed by atoms with van der Waals surface area (Å²) in [6, 6.07) is 10.3. The summed E-state index contributed by atoms with van der Waals surface area (Å²) in [5.41, 5.74) is -0.00619. The average Bonchev–Trinajstić information content (AvgIpc) is 2.56. The highest BCUT2D eigenvalue weighted by Gasteiger charge is 2.47. The van der Waals surface area contributed by atoms with Crippen LogP contribution in [0.4, 0.5) is 0 Å². The zero-order valence-corrected chi connectivity index (χ0v) is 19.0. The quantitative estimate of drug-likeness (QED) is 0.454. The van der Waals surface area contributed by atoms with Gasteiger partial charge in [-0.1, -0.05) is 64.6 Å². The molecule has 26 heavy (non-hydrogen) atoms. The number of aldehydes is 1. The van der Waals surface area contributed by atoms with Crippen LogP contribution in [-0.2, 0) is 14.0 Å². The second kappa shape index (κ2) is 8.59. The number of hydrogen-bond donors (Lipinski definition) is 0. The number of benzene rings is 1. The molecule has 1 saturated heterocycles. The maximum Gasteiger partial charge on any atom is 0.192 e. The van der Waals surface area contributed by atoms with Crippen LogP contribution in [0.25, 0.3) is 0 Å². The van der Waals surface area contributed by atoms with Crippen LogP contribution in [-0.4, -0.2) is 32.2 Å². The molecule has 0 spiro atoms. The van der Waals surface area contributed by atoms with E-state index in [1.165, 1.54) is 4.90 Å². The fraction of sp³-hybridized carbons (Fsp3) is 0.667. The van der Waals surface area contributed by atoms with E-state index < -0.39 is 8.32 Å². The molecule has 0 bridgehead atoms. The van der Waals surface area contributed by atoms with Crippen molar-refractivity contribution in [1.29, 1.82) is 0 Å². The summed E-state index contributed by atoms with van der Waals surface area (Å²) in [4.78, 5) is 12.4. The number of thioether (sulfide) groups is 1. The Hall–Kier alpha value is -0.623. The van der Waals surface area contributed by atoms with E-state index in [1.54, 1.807) is 11.8 Å². The summed E-state index contributed by atoms with van der Waals surface area (Å²) in [7, 11) is -1.90. The van der Waals surface area contributed by atoms with Crippen molar-refractivity contribution in [1.82, 2.24) is 0 Å². The van der Waals surface area contributed by atoms with E-state index in [4.69, 9.17) is 9.16 Å². The molecular weight excluding hydrogens is 360 g/mol. The predicted molar refractivity (Wildman–Crippen MR) is 112 cm³/mol. The van der Waals surface area contributed by atoms with Crippen molar-refractivity contribution in [2.75, 3.05) is 0 Å². The molecule has 146 valence electrons. The molecule has 1 aromatic carbocycles. The first-order valence-corrected chi connectivity index (χ1v) is 13.3. The summed E-state index contributed by atoms with van der Waals surface area (Å²) >= 11 is 1.74. The summed E-state index contributed by atoms with van der Waals surface area (Å²) < 4.78 is 13.2. The Labute approximate surface area is 164 Å². The standard InChI is InChI=1S/C21H34O3SSi/c1-15-18(13-14-22)23-20(25-17-11-9-8-10-12-17)16(2)19(15)24-26(6,7)21(3,4)5/h8-12,14-16,18-20H,13H2,1-7H3/t15-,16+,18-,19-,20+/m1/s1. The topological polar surface area (TPSA) is 35.5 Å². The molecule has 0 saturated carbocycles. The second-order valence-corrected chi connectivity index (χ2v) is 14.9. The predicted octanol–water partition coefficient (Wildman–Crippen LogP) is 5.76. The molecule has 1 aliphatic rings. The Morgan fingerprint density at radius 1 is 1.15 bits per heavy atom. The molecule has 2 rings (SSSR count). The Bertz CT molecular complexity index is 585. The van der Waals surface area contributed by atoms with Crippen molar-refractivity contribution in [3.63, 3.8) is 0 Å². The minimum atomic E-state index is -1.90. The number of hydrogen-bond acceptors (Lipinski definition) is 4. The van der Waals surface area contributed by atoms with Gasteiger partial charge in [-0.3, -0.25) is 0 Å². The van der Waals surface area contributed by atoms with Gasteiger partial charge in [0.05, 0.1) is 12.2 Å². The molecule has 0 amide bonds. The van der Waals surface area contributed by atoms with Gasteiger partial charge in [-0.2, -0.15) is 0 Å². The zero-order valence-electron chi connectivity index (χ0n) is 17.2. The molecule has 1 aromatic rings. The summed E-state index contributed by atoms with van der Waals surface area (Å²) in [5.74, 6) is 0.462. The van der Waals surface area contributed by atoms with E-state index in [0.717, 1.165) is 6.29 Å². The van der Waals surface area contributed by atoms with Gasteiger partial charge in [-0.15, -0.1) is 0 Å². The molecule has 0 aliphatic carbocycles. The highest BCUT2D eigenvalue weighted by molar-refractivity contribution is 7.99. The van der Waals surface area contributed by atoms with Crippen molar-refractivity contribution in [3.05, 3.63) is 30.3 Å². The van der Waals surface area contributed by atoms with Crippen LogP contribution in [0.1, 0.15) is 41.0 Å². The SMILES string of the molecule is C[C@H]1[C@@H](O[Si](C)(C)C(C)(C)C)[C@H](C)[C@H](Sc2ccccc2)O[C@@H]1CC=O. The van der Waals surface area contributed by atoms with Crippen LogP contribution in [0.15, 0.2) is 35.2 Å². The van der Waals surface area contributed by atoms with Gasteiger partial charge < -0.3 is 14.0 Å². The van der Waals surface area contributed by atoms with E-state index in [9.17, 15) is 4.79 Å². The molecule has 0 aromatic heterocycles. The minimum Gasteiger partial charge on any atom is -0.413 e. The van der Waals surface area contributed by atoms with Crippen LogP contribution in [0.3, 0.4) is 0 Å². The van der Waals surface area contributed by atoms with Crippen molar-refractivity contribution in [3.8, 4) is 0 Å². The maximum absolute atomic E-state index is 11.2. The van der Waals surface area contributed by atoms with Gasteiger partial charge in [0, 0.05) is 23.2 Å². The third-order valence-electron chi connectivity index (χ3n) is 5.92. The lowest BCUT2D eigenvalue weighted by atomic mass is 9.86. The largest absolute Gasteiger partial charge is 0.413 e. The lowest BCUT2D eigenvalue weighted by Gasteiger charge is -2.49. The van der Waals surface area contributed by atoms with Gasteiger partial charge in [-0.05, 0) is 30.3 Å². The number of rotatable bonds is 6. The maximum atomic E-state index is 11.2. The second-order valence-electron chi connectivity index (χ2n) is 8.94. The van der Waals surface area contributed by atoms with E-state index in [2.05, 4.69) is 59.8 Å². The van der Waals surface area contributed by atoms with Crippen LogP contribution in [0.5, 0.6) is 0 Å². The molecule has 5 heteroatoms. The third kappa shape index (κ3) is 5.00. The van der Waals surface area contributed by atoms with Gasteiger partial charge in [0.1, 0.15) is 11.7 Å². The Kier molecular flexibility index (Phi) is 7.16. The number of ether oxygens (including phenoxy) is 1. The first-order valence-electron chi connectivity index (χ1n) is 9.55. The molecule has 0 unspecified atom stereocenters. The molecule has 3 nitrogen and oxygen atoms in total. The van der Waals surface area contributed by atoms with E-state index in [0.29, 0.717) is 6.42 Å². The number of carbonyl (C=O) groups excluding carboxylic acids is 1. The van der Waals surface area contributed by atoms with Gasteiger partial charge in [0.15, 0.2) is 8.32 Å². The number of carbonyl (C=O) groups is 1. The molecule has 1 heterocycles. The molecule has 5 atom stereocenters. The van der Waals surface area contributed by atoms with Gasteiger partial charge in [0.2, 0.25) is 0 Å². The van der Waals surface area contributed by atoms with Crippen LogP contribution < -0.4 is 0 Å². The highest BCUT2D eigenvalue weighted by Crippen LogP contribution is 2.45. The van der Waals surface area contributed by atoms with Crippen LogP contribution in [0, 0.1) is 11.8 Å². The van der Waals surface area contributed by atoms with Crippen molar-refractivity contribution < 1.29 is 14.0 Å². The minimum absolute atomic E-state index is 0.00619. The summed E-state index contributed by atoms with van der Waals surface area (Å²) in [5, 5.41) is 0.160. The average molecular weight is 395 g/mol. The van der Waals surface area contributed by atoms with Gasteiger partial charge >= 0.3 is 0 Å². The van der Waals surface area contributed by atoms with Gasteiger partial charge in [0.25, 0.3) is 0 Å². The fourth-order valence-electron chi connectivity index (χ4n) is 3.13. The Morgan fingerprint density at radius 3 is 2.31 bits per heavy atom. The zero-order chi connectivity index (χ0) is 19.5. The third-order valence-corrected chi connectivity index (χ3v) is 11.7.